The third-order valence-electron chi connectivity index (χ3n) is 0.827. The van der Waals surface area contributed by atoms with Crippen LogP contribution in [0.2, 0.25) is 0 Å². The van der Waals surface area contributed by atoms with E-state index in [0.29, 0.717) is 18.2 Å². The highest BCUT2D eigenvalue weighted by Crippen LogP contribution is 2.04. The summed E-state index contributed by atoms with van der Waals surface area (Å²) in [5.41, 5.74) is 0. The molecule has 0 radical (unpaired) electrons. The van der Waals surface area contributed by atoms with E-state index >= 15 is 0 Å². The number of halogens is 4. The van der Waals surface area contributed by atoms with E-state index in [9.17, 15) is 13.2 Å². The molecule has 1 aromatic rings. The van der Waals surface area contributed by atoms with Crippen molar-refractivity contribution in [2.75, 3.05) is 0 Å². The summed E-state index contributed by atoms with van der Waals surface area (Å²) in [5, 5.41) is 0. The van der Waals surface area contributed by atoms with Crippen molar-refractivity contribution in [3.63, 3.8) is 0 Å². The summed E-state index contributed by atoms with van der Waals surface area (Å²) in [6, 6.07) is 1.84. The van der Waals surface area contributed by atoms with Gasteiger partial charge in [0.2, 0.25) is 5.75 Å². The van der Waals surface area contributed by atoms with Gasteiger partial charge >= 0.3 is 0 Å². The molecule has 0 aliphatic carbocycles. The monoisotopic (exact) mass is 196 g/mol. The van der Waals surface area contributed by atoms with E-state index < -0.39 is 17.5 Å². The highest BCUT2D eigenvalue weighted by Gasteiger charge is 1.96. The molecule has 0 heterocycles. The third-order valence-corrected chi connectivity index (χ3v) is 0.827. The molecule has 5 heteroatoms. The Hall–Kier alpha value is -1.03. The van der Waals surface area contributed by atoms with Crippen LogP contribution in [0, 0.1) is 17.5 Å². The van der Waals surface area contributed by atoms with Crippen LogP contribution in [0.4, 0.5) is 13.2 Å². The predicted octanol–water partition coefficient (Wildman–Crippen LogP) is 2.52. The van der Waals surface area contributed by atoms with Crippen molar-refractivity contribution in [3.8, 4) is 0 Å². The molecule has 0 N–H and O–H groups in total. The second-order valence-electron chi connectivity index (χ2n) is 1.68. The molecule has 12 heavy (non-hydrogen) atoms. The molecule has 0 saturated carbocycles. The highest BCUT2D eigenvalue weighted by atomic mass is 35.5. The molecule has 0 unspecified atom stereocenters. The van der Waals surface area contributed by atoms with Crippen LogP contribution >= 0.6 is 11.6 Å². The van der Waals surface area contributed by atoms with Crippen LogP contribution in [-0.4, -0.2) is 5.75 Å². The highest BCUT2D eigenvalue weighted by molar-refractivity contribution is 6.54. The average molecular weight is 197 g/mol. The van der Waals surface area contributed by atoms with E-state index in [-0.39, 0.29) is 5.75 Å². The van der Waals surface area contributed by atoms with E-state index in [1.165, 1.54) is 0 Å². The lowest BCUT2D eigenvalue weighted by molar-refractivity contribution is 0.543. The Morgan fingerprint density at radius 2 is 1.17 bits per heavy atom. The van der Waals surface area contributed by atoms with E-state index in [1.54, 1.807) is 0 Å². The van der Waals surface area contributed by atoms with Crippen LogP contribution in [-0.2, 0) is 4.79 Å². The van der Waals surface area contributed by atoms with Gasteiger partial charge in [-0.3, -0.25) is 4.79 Å². The van der Waals surface area contributed by atoms with Gasteiger partial charge in [-0.2, -0.15) is 0 Å². The lowest BCUT2D eigenvalue weighted by Gasteiger charge is -1.88. The molecule has 66 valence electrons. The normalized spacial score (nSPS) is 8.33. The van der Waals surface area contributed by atoms with Gasteiger partial charge in [0.1, 0.15) is 17.5 Å². The SMILES string of the molecule is Fc1cc(F)cc(F)c1.O=CCl. The molecule has 1 rings (SSSR count). The molecule has 0 aromatic heterocycles. The van der Waals surface area contributed by atoms with Crippen LogP contribution in [0.5, 0.6) is 0 Å². The minimum Gasteiger partial charge on any atom is -0.285 e. The fraction of sp³-hybridized carbons (Fsp3) is 0. The first-order valence-corrected chi connectivity index (χ1v) is 3.19. The molecule has 0 spiro atoms. The zero-order chi connectivity index (χ0) is 9.56. The maximum atomic E-state index is 11.9. The topological polar surface area (TPSA) is 17.1 Å². The fourth-order valence-corrected chi connectivity index (χ4v) is 0.520. The quantitative estimate of drug-likeness (QED) is 0.460. The average Bonchev–Trinajstić information content (AvgIpc) is 1.84. The minimum absolute atomic E-state index is 0.222. The molecular weight excluding hydrogens is 193 g/mol. The largest absolute Gasteiger partial charge is 0.285 e. The number of rotatable bonds is 0. The zero-order valence-electron chi connectivity index (χ0n) is 5.73. The van der Waals surface area contributed by atoms with Gasteiger partial charge in [-0.25, -0.2) is 13.2 Å². The molecule has 0 fully saturated rings. The molecule has 0 atom stereocenters. The van der Waals surface area contributed by atoms with Gasteiger partial charge in [0, 0.05) is 18.2 Å². The predicted molar refractivity (Wildman–Crippen MR) is 38.9 cm³/mol. The van der Waals surface area contributed by atoms with Gasteiger partial charge in [-0.05, 0) is 11.6 Å². The third kappa shape index (κ3) is 4.73. The standard InChI is InChI=1S/C6H3F3.CHClO/c7-4-1-5(8)3-6(9)2-4;2-1-3/h1-3H;1H. The van der Waals surface area contributed by atoms with Gasteiger partial charge in [0.25, 0.3) is 0 Å². The van der Waals surface area contributed by atoms with Gasteiger partial charge < -0.3 is 0 Å². The summed E-state index contributed by atoms with van der Waals surface area (Å²) in [7, 11) is 0. The minimum atomic E-state index is -0.896. The number of hydrogen-bond acceptors (Lipinski definition) is 1. The molecular formula is C7H4ClF3O. The van der Waals surface area contributed by atoms with Gasteiger partial charge in [-0.15, -0.1) is 0 Å². The lowest BCUT2D eigenvalue weighted by Crippen LogP contribution is -1.81. The van der Waals surface area contributed by atoms with Crippen molar-refractivity contribution in [3.05, 3.63) is 35.7 Å². The molecule has 0 amide bonds. The van der Waals surface area contributed by atoms with Gasteiger partial charge in [-0.1, -0.05) is 0 Å². The van der Waals surface area contributed by atoms with Crippen LogP contribution < -0.4 is 0 Å². The van der Waals surface area contributed by atoms with Crippen molar-refractivity contribution in [1.82, 2.24) is 0 Å². The Morgan fingerprint density at radius 3 is 1.33 bits per heavy atom. The summed E-state index contributed by atoms with van der Waals surface area (Å²) in [4.78, 5) is 8.57. The van der Waals surface area contributed by atoms with Crippen molar-refractivity contribution < 1.29 is 18.0 Å². The summed E-state index contributed by atoms with van der Waals surface area (Å²) in [6.07, 6.45) is 0. The smallest absolute Gasteiger partial charge is 0.208 e. The molecule has 0 saturated heterocycles. The fourth-order valence-electron chi connectivity index (χ4n) is 0.520. The van der Waals surface area contributed by atoms with E-state index in [1.807, 2.05) is 0 Å². The van der Waals surface area contributed by atoms with E-state index in [2.05, 4.69) is 11.6 Å². The number of carbonyl (C=O) groups excluding carboxylic acids is 1. The van der Waals surface area contributed by atoms with Crippen molar-refractivity contribution in [2.24, 2.45) is 0 Å². The van der Waals surface area contributed by atoms with Crippen molar-refractivity contribution >= 4 is 17.3 Å². The molecule has 0 aliphatic rings. The number of benzene rings is 1. The van der Waals surface area contributed by atoms with Crippen molar-refractivity contribution in [2.45, 2.75) is 0 Å². The number of hydrogen-bond donors (Lipinski definition) is 0. The Morgan fingerprint density at radius 1 is 1.00 bits per heavy atom. The van der Waals surface area contributed by atoms with Crippen molar-refractivity contribution in [1.29, 1.82) is 0 Å². The second kappa shape index (κ2) is 5.60. The molecule has 0 bridgehead atoms. The lowest BCUT2D eigenvalue weighted by atomic mass is 10.3. The first kappa shape index (κ1) is 11.0. The Bertz CT molecular complexity index is 214. The maximum Gasteiger partial charge on any atom is 0.208 e. The van der Waals surface area contributed by atoms with Crippen LogP contribution in [0.15, 0.2) is 18.2 Å². The molecule has 0 aliphatic heterocycles. The van der Waals surface area contributed by atoms with Crippen LogP contribution in [0.25, 0.3) is 0 Å². The summed E-state index contributed by atoms with van der Waals surface area (Å²) in [6.45, 7) is 0. The Kier molecular flexibility index (Phi) is 5.12. The van der Waals surface area contributed by atoms with Gasteiger partial charge in [0.05, 0.1) is 0 Å². The summed E-state index contributed by atoms with van der Waals surface area (Å²) >= 11 is 4.32. The maximum absolute atomic E-state index is 11.9. The Balaban J connectivity index is 0.000000354. The van der Waals surface area contributed by atoms with Crippen LogP contribution in [0.3, 0.4) is 0 Å². The summed E-state index contributed by atoms with van der Waals surface area (Å²) < 4.78 is 35.8. The van der Waals surface area contributed by atoms with Crippen LogP contribution in [0.1, 0.15) is 0 Å². The second-order valence-corrected chi connectivity index (χ2v) is 1.85. The number of carbonyl (C=O) groups is 1. The molecule has 1 nitrogen and oxygen atoms in total. The van der Waals surface area contributed by atoms with E-state index in [4.69, 9.17) is 4.79 Å². The first-order chi connectivity index (χ1) is 5.60. The summed E-state index contributed by atoms with van der Waals surface area (Å²) in [5.74, 6) is -2.47. The zero-order valence-corrected chi connectivity index (χ0v) is 6.49. The Labute approximate surface area is 71.8 Å². The molecule has 1 aromatic carbocycles. The van der Waals surface area contributed by atoms with E-state index in [0.717, 1.165) is 0 Å². The first-order valence-electron chi connectivity index (χ1n) is 2.75. The van der Waals surface area contributed by atoms with Gasteiger partial charge in [0.15, 0.2) is 0 Å².